The lowest BCUT2D eigenvalue weighted by molar-refractivity contribution is 0.0697. The molecule has 0 atom stereocenters. The molecule has 158 valence electrons. The van der Waals surface area contributed by atoms with Crippen LogP contribution in [0.1, 0.15) is 43.6 Å². The number of aromatic carboxylic acids is 1. The van der Waals surface area contributed by atoms with Crippen molar-refractivity contribution in [3.63, 3.8) is 0 Å². The summed E-state index contributed by atoms with van der Waals surface area (Å²) in [4.78, 5) is 16.8. The van der Waals surface area contributed by atoms with Crippen LogP contribution >= 0.6 is 0 Å². The second-order valence-corrected chi connectivity index (χ2v) is 7.15. The molecule has 2 aromatic carbocycles. The van der Waals surface area contributed by atoms with Gasteiger partial charge in [0.25, 0.3) is 0 Å². The summed E-state index contributed by atoms with van der Waals surface area (Å²) in [7, 11) is 0. The Kier molecular flexibility index (Phi) is 3.84. The van der Waals surface area contributed by atoms with Crippen molar-refractivity contribution < 1.29 is 22.5 Å². The fourth-order valence-corrected chi connectivity index (χ4v) is 3.65. The van der Waals surface area contributed by atoms with Gasteiger partial charge >= 0.3 is 5.97 Å². The van der Waals surface area contributed by atoms with Crippen LogP contribution in [0.25, 0.3) is 33.4 Å². The van der Waals surface area contributed by atoms with E-state index in [9.17, 15) is 9.90 Å². The lowest BCUT2D eigenvalue weighted by Crippen LogP contribution is -2.09. The molecule has 2 aromatic rings. The van der Waals surface area contributed by atoms with E-state index in [1.807, 2.05) is 13.8 Å². The van der Waals surface area contributed by atoms with Gasteiger partial charge in [-0.05, 0) is 62.6 Å². The monoisotopic (exact) mass is 420 g/mol. The Morgan fingerprint density at radius 2 is 1.90 bits per heavy atom. The standard InChI is InChI=1S/C26H26N2O3/c1-5-27-21-13-23-19(11-15(21)3)25(17-9-7-8-10-18(17)26(29)30)20-12-16(4)22(28-6-2)14-24(20)31-23/h7-14,27H,5-6H2,1-4H3,(H,29,30)/b28-22-/i7D,8D,9D,10D,13D,14D. The van der Waals surface area contributed by atoms with Gasteiger partial charge in [0, 0.05) is 47.4 Å². The zero-order valence-electron chi connectivity index (χ0n) is 23.8. The number of carboxylic acids is 1. The van der Waals surface area contributed by atoms with Gasteiger partial charge in [-0.2, -0.15) is 0 Å². The molecular weight excluding hydrogens is 388 g/mol. The second-order valence-electron chi connectivity index (χ2n) is 7.15. The molecule has 1 aliphatic heterocycles. The van der Waals surface area contributed by atoms with E-state index in [1.165, 1.54) is 0 Å². The highest BCUT2D eigenvalue weighted by Gasteiger charge is 2.22. The average Bonchev–Trinajstić information content (AvgIpc) is 2.84. The molecule has 0 saturated heterocycles. The van der Waals surface area contributed by atoms with Gasteiger partial charge in [-0.1, -0.05) is 18.1 Å². The summed E-state index contributed by atoms with van der Waals surface area (Å²) in [5, 5.41) is 13.9. The molecule has 1 aliphatic carbocycles. The van der Waals surface area contributed by atoms with E-state index in [0.29, 0.717) is 46.2 Å². The summed E-state index contributed by atoms with van der Waals surface area (Å²) in [6.45, 7) is 8.21. The summed E-state index contributed by atoms with van der Waals surface area (Å²) >= 11 is 0. The predicted molar refractivity (Wildman–Crippen MR) is 125 cm³/mol. The van der Waals surface area contributed by atoms with Crippen molar-refractivity contribution in [3.05, 3.63) is 70.4 Å². The summed E-state index contributed by atoms with van der Waals surface area (Å²) in [5.74, 6) is -1.47. The first-order chi connectivity index (χ1) is 17.5. The topological polar surface area (TPSA) is 74.8 Å². The third kappa shape index (κ3) is 3.67. The van der Waals surface area contributed by atoms with Gasteiger partial charge in [0.05, 0.1) is 19.1 Å². The Morgan fingerprint density at radius 1 is 1.13 bits per heavy atom. The van der Waals surface area contributed by atoms with Crippen molar-refractivity contribution in [1.29, 1.82) is 0 Å². The maximum atomic E-state index is 12.4. The number of carboxylic acid groups (broad SMARTS) is 1. The van der Waals surface area contributed by atoms with Gasteiger partial charge in [0.2, 0.25) is 0 Å². The largest absolute Gasteiger partial charge is 0.478 e. The zero-order valence-corrected chi connectivity index (χ0v) is 17.8. The lowest BCUT2D eigenvalue weighted by atomic mass is 9.89. The minimum absolute atomic E-state index is 0.00772. The van der Waals surface area contributed by atoms with E-state index < -0.39 is 35.7 Å². The Bertz CT molecular complexity index is 1650. The minimum atomic E-state index is -1.52. The summed E-state index contributed by atoms with van der Waals surface area (Å²) in [5.41, 5.74) is 1.52. The summed E-state index contributed by atoms with van der Waals surface area (Å²) < 4.78 is 57.2. The Hall–Kier alpha value is -3.60. The summed E-state index contributed by atoms with van der Waals surface area (Å²) in [6.07, 6.45) is 0. The number of anilines is 1. The molecule has 1 heterocycles. The van der Waals surface area contributed by atoms with Crippen LogP contribution < -0.4 is 10.7 Å². The average molecular weight is 421 g/mol. The van der Waals surface area contributed by atoms with Crippen molar-refractivity contribution in [3.8, 4) is 22.5 Å². The summed E-state index contributed by atoms with van der Waals surface area (Å²) in [6, 6.07) is 0.878. The fourth-order valence-electron chi connectivity index (χ4n) is 3.65. The number of benzene rings is 3. The van der Waals surface area contributed by atoms with Gasteiger partial charge in [0.1, 0.15) is 11.3 Å². The smallest absolute Gasteiger partial charge is 0.336 e. The number of nitrogens with zero attached hydrogens (tertiary/aromatic N) is 1. The molecule has 2 N–H and O–H groups in total. The van der Waals surface area contributed by atoms with E-state index in [0.717, 1.165) is 0 Å². The molecule has 0 bridgehead atoms. The minimum Gasteiger partial charge on any atom is -0.478 e. The fraction of sp³-hybridized carbons (Fsp3) is 0.231. The molecular formula is C26H26N2O3. The van der Waals surface area contributed by atoms with Crippen LogP contribution in [-0.4, -0.2) is 24.2 Å². The number of carbonyl (C=O) groups is 1. The van der Waals surface area contributed by atoms with E-state index in [4.69, 9.17) is 12.6 Å². The Morgan fingerprint density at radius 3 is 2.61 bits per heavy atom. The van der Waals surface area contributed by atoms with Gasteiger partial charge in [-0.15, -0.1) is 0 Å². The van der Waals surface area contributed by atoms with Crippen molar-refractivity contribution in [1.82, 2.24) is 0 Å². The third-order valence-electron chi connectivity index (χ3n) is 5.01. The van der Waals surface area contributed by atoms with Crippen LogP contribution in [0.2, 0.25) is 0 Å². The first-order valence-corrected chi connectivity index (χ1v) is 10.0. The highest BCUT2D eigenvalue weighted by Crippen LogP contribution is 2.42. The third-order valence-corrected chi connectivity index (χ3v) is 5.01. The van der Waals surface area contributed by atoms with E-state index in [1.54, 1.807) is 26.0 Å². The van der Waals surface area contributed by atoms with Crippen LogP contribution in [0, 0.1) is 13.8 Å². The molecule has 0 saturated carbocycles. The van der Waals surface area contributed by atoms with Crippen molar-refractivity contribution in [2.24, 2.45) is 4.99 Å². The molecule has 0 radical (unpaired) electrons. The van der Waals surface area contributed by atoms with Crippen molar-refractivity contribution in [2.45, 2.75) is 27.7 Å². The van der Waals surface area contributed by atoms with E-state index >= 15 is 0 Å². The molecule has 5 nitrogen and oxygen atoms in total. The van der Waals surface area contributed by atoms with Gasteiger partial charge in [-0.25, -0.2) is 4.79 Å². The van der Waals surface area contributed by atoms with Crippen LogP contribution in [0.5, 0.6) is 0 Å². The van der Waals surface area contributed by atoms with Gasteiger partial charge < -0.3 is 14.8 Å². The Balaban J connectivity index is 2.40. The number of fused-ring (bicyclic) bond motifs is 2. The van der Waals surface area contributed by atoms with Crippen LogP contribution in [-0.2, 0) is 0 Å². The first kappa shape index (κ1) is 14.4. The molecule has 5 heteroatoms. The lowest BCUT2D eigenvalue weighted by Gasteiger charge is -2.19. The number of hydrogen-bond acceptors (Lipinski definition) is 4. The molecule has 0 spiro atoms. The predicted octanol–water partition coefficient (Wildman–Crippen LogP) is 5.87. The molecule has 0 unspecified atom stereocenters. The highest BCUT2D eigenvalue weighted by molar-refractivity contribution is 6.08. The quantitative estimate of drug-likeness (QED) is 0.396. The van der Waals surface area contributed by atoms with Gasteiger partial charge in [-0.3, -0.25) is 4.99 Å². The number of nitrogens with one attached hydrogen (secondary N) is 1. The first-order valence-electron chi connectivity index (χ1n) is 13.0. The molecule has 0 fully saturated rings. The van der Waals surface area contributed by atoms with E-state index in [-0.39, 0.29) is 34.6 Å². The Labute approximate surface area is 189 Å². The van der Waals surface area contributed by atoms with Gasteiger partial charge in [0.15, 0.2) is 0 Å². The normalized spacial score (nSPS) is 14.6. The van der Waals surface area contributed by atoms with Crippen molar-refractivity contribution in [2.75, 3.05) is 18.4 Å². The maximum Gasteiger partial charge on any atom is 0.336 e. The van der Waals surface area contributed by atoms with Crippen LogP contribution in [0.3, 0.4) is 0 Å². The number of aryl methyl sites for hydroxylation is 2. The number of rotatable bonds is 5. The van der Waals surface area contributed by atoms with Crippen molar-refractivity contribution >= 4 is 22.6 Å². The molecule has 0 amide bonds. The molecule has 2 aliphatic rings. The number of hydrogen-bond donors (Lipinski definition) is 2. The highest BCUT2D eigenvalue weighted by atomic mass is 16.4. The maximum absolute atomic E-state index is 12.4. The SMILES string of the molecule is [2H]c1c([2H])c([2H])c(-c2c3cc(C)/c(=N\CC)c([2H])c-3oc3c([2H])c(NCC)c(C)cc23)c(C(=O)O)c1[2H]. The molecule has 4 rings (SSSR count). The van der Waals surface area contributed by atoms with Crippen LogP contribution in [0.4, 0.5) is 5.69 Å². The molecule has 0 aromatic heterocycles. The van der Waals surface area contributed by atoms with Crippen LogP contribution in [0.15, 0.2) is 57.8 Å². The zero-order chi connectivity index (χ0) is 27.3. The second kappa shape index (κ2) is 8.26. The van der Waals surface area contributed by atoms with E-state index in [2.05, 4.69) is 10.3 Å². The molecule has 31 heavy (non-hydrogen) atoms.